The largest absolute Gasteiger partial charge is 0.384 e. The topological polar surface area (TPSA) is 49.3 Å². The third-order valence-electron chi connectivity index (χ3n) is 4.07. The molecule has 1 heterocycles. The highest BCUT2D eigenvalue weighted by atomic mass is 32.1. The minimum atomic E-state index is -0.149. The van der Waals surface area contributed by atoms with Gasteiger partial charge in [0.05, 0.1) is 9.75 Å². The van der Waals surface area contributed by atoms with Crippen molar-refractivity contribution in [3.8, 4) is 11.8 Å². The smallest absolute Gasteiger partial charge is 0.261 e. The zero-order chi connectivity index (χ0) is 13.9. The van der Waals surface area contributed by atoms with Gasteiger partial charge in [0.15, 0.2) is 0 Å². The molecular weight excluding hydrogens is 270 g/mol. The molecule has 0 aromatic carbocycles. The summed E-state index contributed by atoms with van der Waals surface area (Å²) in [4.78, 5) is 13.7. The Morgan fingerprint density at radius 3 is 2.65 bits per heavy atom. The van der Waals surface area contributed by atoms with Gasteiger partial charge >= 0.3 is 0 Å². The fraction of sp³-hybridized carbons (Fsp3) is 0.562. The number of aliphatic hydroxyl groups is 1. The second kappa shape index (κ2) is 5.99. The third kappa shape index (κ3) is 3.41. The maximum Gasteiger partial charge on any atom is 0.261 e. The lowest BCUT2D eigenvalue weighted by Gasteiger charge is -2.15. The number of hydrogen-bond donors (Lipinski definition) is 2. The summed E-state index contributed by atoms with van der Waals surface area (Å²) >= 11 is 1.38. The maximum absolute atomic E-state index is 12.1. The van der Waals surface area contributed by atoms with Crippen LogP contribution in [0.3, 0.4) is 0 Å². The molecule has 3 nitrogen and oxygen atoms in total. The van der Waals surface area contributed by atoms with Crippen molar-refractivity contribution in [2.24, 2.45) is 17.8 Å². The highest BCUT2D eigenvalue weighted by molar-refractivity contribution is 7.14. The van der Waals surface area contributed by atoms with Gasteiger partial charge in [-0.15, -0.1) is 11.3 Å². The standard InChI is InChI=1S/C16H19NO2S/c18-9-1-2-13-7-8-15(20-13)16(19)17-10-14(11-3-4-11)12-5-6-12/h7-8,11-12,14,18H,3-6,9-10H2,(H,17,19). The van der Waals surface area contributed by atoms with E-state index in [4.69, 9.17) is 5.11 Å². The van der Waals surface area contributed by atoms with Gasteiger partial charge < -0.3 is 10.4 Å². The lowest BCUT2D eigenvalue weighted by atomic mass is 9.98. The van der Waals surface area contributed by atoms with E-state index in [1.807, 2.05) is 12.1 Å². The summed E-state index contributed by atoms with van der Waals surface area (Å²) in [5.41, 5.74) is 0. The quantitative estimate of drug-likeness (QED) is 0.817. The van der Waals surface area contributed by atoms with Crippen LogP contribution in [0.2, 0.25) is 0 Å². The Morgan fingerprint density at radius 2 is 2.05 bits per heavy atom. The SMILES string of the molecule is O=C(NCC(C1CC1)C1CC1)c1ccc(C#CCO)s1. The summed E-state index contributed by atoms with van der Waals surface area (Å²) in [7, 11) is 0. The average Bonchev–Trinajstić information content (AvgIpc) is 3.37. The summed E-state index contributed by atoms with van der Waals surface area (Å²) in [6.45, 7) is 0.674. The monoisotopic (exact) mass is 289 g/mol. The van der Waals surface area contributed by atoms with Gasteiger partial charge in [0.2, 0.25) is 0 Å². The molecule has 4 heteroatoms. The molecule has 106 valence electrons. The van der Waals surface area contributed by atoms with Crippen molar-refractivity contribution in [2.45, 2.75) is 25.7 Å². The average molecular weight is 289 g/mol. The van der Waals surface area contributed by atoms with Crippen molar-refractivity contribution in [1.29, 1.82) is 0 Å². The molecule has 2 aliphatic carbocycles. The zero-order valence-electron chi connectivity index (χ0n) is 11.4. The van der Waals surface area contributed by atoms with Crippen molar-refractivity contribution >= 4 is 17.2 Å². The predicted octanol–water partition coefficient (Wildman–Crippen LogP) is 2.26. The second-order valence-electron chi connectivity index (χ2n) is 5.67. The maximum atomic E-state index is 12.1. The van der Waals surface area contributed by atoms with Gasteiger partial charge in [0.25, 0.3) is 5.91 Å². The van der Waals surface area contributed by atoms with Gasteiger partial charge in [0, 0.05) is 6.54 Å². The Bertz CT molecular complexity index is 534. The van der Waals surface area contributed by atoms with Gasteiger partial charge in [-0.1, -0.05) is 11.8 Å². The first-order valence-electron chi connectivity index (χ1n) is 7.25. The molecule has 0 aliphatic heterocycles. The van der Waals surface area contributed by atoms with E-state index in [0.717, 1.165) is 23.3 Å². The lowest BCUT2D eigenvalue weighted by molar-refractivity contribution is 0.0947. The van der Waals surface area contributed by atoms with Crippen LogP contribution >= 0.6 is 11.3 Å². The Hall–Kier alpha value is -1.31. The molecule has 3 rings (SSSR count). The molecule has 2 fully saturated rings. The van der Waals surface area contributed by atoms with Crippen molar-refractivity contribution < 1.29 is 9.90 Å². The number of hydrogen-bond acceptors (Lipinski definition) is 3. The molecule has 0 saturated heterocycles. The van der Waals surface area contributed by atoms with Crippen molar-refractivity contribution in [2.75, 3.05) is 13.2 Å². The number of thiophene rings is 1. The second-order valence-corrected chi connectivity index (χ2v) is 6.76. The number of rotatable bonds is 5. The van der Waals surface area contributed by atoms with Crippen molar-refractivity contribution in [1.82, 2.24) is 5.32 Å². The first-order chi connectivity index (χ1) is 9.78. The van der Waals surface area contributed by atoms with Crippen LogP contribution in [-0.4, -0.2) is 24.2 Å². The van der Waals surface area contributed by atoms with Gasteiger partial charge in [-0.2, -0.15) is 0 Å². The normalized spacial score (nSPS) is 17.7. The van der Waals surface area contributed by atoms with E-state index >= 15 is 0 Å². The molecule has 0 radical (unpaired) electrons. The minimum Gasteiger partial charge on any atom is -0.384 e. The van der Waals surface area contributed by atoms with E-state index in [0.29, 0.717) is 10.8 Å². The molecule has 0 spiro atoms. The van der Waals surface area contributed by atoms with Crippen LogP contribution in [-0.2, 0) is 0 Å². The summed E-state index contributed by atoms with van der Waals surface area (Å²) in [6.07, 6.45) is 5.38. The Kier molecular flexibility index (Phi) is 4.09. The molecule has 1 aromatic heterocycles. The molecule has 0 bridgehead atoms. The van der Waals surface area contributed by atoms with Gasteiger partial charge in [0.1, 0.15) is 6.61 Å². The fourth-order valence-corrected chi connectivity index (χ4v) is 3.52. The number of carbonyl (C=O) groups excluding carboxylic acids is 1. The summed E-state index contributed by atoms with van der Waals surface area (Å²) in [5.74, 6) is 7.86. The molecular formula is C16H19NO2S. The van der Waals surface area contributed by atoms with E-state index in [-0.39, 0.29) is 12.5 Å². The molecule has 2 N–H and O–H groups in total. The Balaban J connectivity index is 1.54. The molecule has 2 saturated carbocycles. The van der Waals surface area contributed by atoms with Crippen LogP contribution in [0.1, 0.15) is 40.2 Å². The summed E-state index contributed by atoms with van der Waals surface area (Å²) < 4.78 is 0. The summed E-state index contributed by atoms with van der Waals surface area (Å²) in [6, 6.07) is 3.64. The molecule has 2 aliphatic rings. The van der Waals surface area contributed by atoms with Crippen molar-refractivity contribution in [3.63, 3.8) is 0 Å². The van der Waals surface area contributed by atoms with Crippen LogP contribution in [0, 0.1) is 29.6 Å². The molecule has 0 unspecified atom stereocenters. The highest BCUT2D eigenvalue weighted by Crippen LogP contribution is 2.48. The van der Waals surface area contributed by atoms with E-state index < -0.39 is 0 Å². The number of amides is 1. The van der Waals surface area contributed by atoms with Crippen LogP contribution < -0.4 is 5.32 Å². The highest BCUT2D eigenvalue weighted by Gasteiger charge is 2.41. The summed E-state index contributed by atoms with van der Waals surface area (Å²) in [5, 5.41) is 11.7. The molecule has 20 heavy (non-hydrogen) atoms. The van der Waals surface area contributed by atoms with Crippen LogP contribution in [0.5, 0.6) is 0 Å². The third-order valence-corrected chi connectivity index (χ3v) is 5.07. The number of aliphatic hydroxyl groups excluding tert-OH is 1. The van der Waals surface area contributed by atoms with E-state index in [1.165, 1.54) is 37.0 Å². The fourth-order valence-electron chi connectivity index (χ4n) is 2.72. The minimum absolute atomic E-state index is 0.0124. The molecule has 0 atom stereocenters. The van der Waals surface area contributed by atoms with Gasteiger partial charge in [-0.05, 0) is 55.6 Å². The lowest BCUT2D eigenvalue weighted by Crippen LogP contribution is -2.30. The number of carbonyl (C=O) groups is 1. The van der Waals surface area contributed by atoms with Crippen LogP contribution in [0.4, 0.5) is 0 Å². The van der Waals surface area contributed by atoms with Crippen molar-refractivity contribution in [3.05, 3.63) is 21.9 Å². The Morgan fingerprint density at radius 1 is 1.35 bits per heavy atom. The zero-order valence-corrected chi connectivity index (χ0v) is 12.2. The molecule has 1 amide bonds. The van der Waals surface area contributed by atoms with Crippen LogP contribution in [0.25, 0.3) is 0 Å². The molecule has 1 aromatic rings. The Labute approximate surface area is 123 Å². The van der Waals surface area contributed by atoms with Gasteiger partial charge in [-0.3, -0.25) is 4.79 Å². The van der Waals surface area contributed by atoms with E-state index in [1.54, 1.807) is 0 Å². The first kappa shape index (κ1) is 13.7. The van der Waals surface area contributed by atoms with Gasteiger partial charge in [-0.25, -0.2) is 0 Å². The predicted molar refractivity (Wildman–Crippen MR) is 79.6 cm³/mol. The van der Waals surface area contributed by atoms with Crippen LogP contribution in [0.15, 0.2) is 12.1 Å². The van der Waals surface area contributed by atoms with E-state index in [2.05, 4.69) is 17.2 Å². The van der Waals surface area contributed by atoms with E-state index in [9.17, 15) is 4.79 Å². The first-order valence-corrected chi connectivity index (χ1v) is 8.07. The number of nitrogens with one attached hydrogen (secondary N) is 1.